The minimum Gasteiger partial charge on any atom is -0.369 e. The van der Waals surface area contributed by atoms with Gasteiger partial charge in [-0.25, -0.2) is 9.97 Å². The first kappa shape index (κ1) is 11.3. The molecule has 0 amide bonds. The summed E-state index contributed by atoms with van der Waals surface area (Å²) in [7, 11) is 0. The quantitative estimate of drug-likeness (QED) is 0.873. The maximum Gasteiger partial charge on any atom is 0.137 e. The number of aromatic nitrogens is 2. The van der Waals surface area contributed by atoms with Gasteiger partial charge in [0, 0.05) is 11.9 Å². The fourth-order valence-corrected chi connectivity index (χ4v) is 1.57. The number of hydrogen-bond acceptors (Lipinski definition) is 4. The average Bonchev–Trinajstić information content (AvgIpc) is 2.35. The third-order valence-corrected chi connectivity index (χ3v) is 2.44. The minimum atomic E-state index is 0.541. The second-order valence-corrected chi connectivity index (χ2v) is 4.34. The highest BCUT2D eigenvalue weighted by Crippen LogP contribution is 2.20. The van der Waals surface area contributed by atoms with Crippen LogP contribution in [0.25, 0.3) is 10.9 Å². The molecule has 1 heterocycles. The predicted molar refractivity (Wildman–Crippen MR) is 67.6 cm³/mol. The van der Waals surface area contributed by atoms with Gasteiger partial charge in [0.15, 0.2) is 0 Å². The number of anilines is 1. The summed E-state index contributed by atoms with van der Waals surface area (Å²) in [5, 5.41) is 13.1. The normalized spacial score (nSPS) is 10.5. The molecule has 0 radical (unpaired) electrons. The minimum absolute atomic E-state index is 0.541. The molecule has 1 aromatic carbocycles. The zero-order chi connectivity index (χ0) is 12.3. The molecule has 0 bridgehead atoms. The van der Waals surface area contributed by atoms with Crippen molar-refractivity contribution in [1.82, 2.24) is 9.97 Å². The molecule has 0 aliphatic rings. The Kier molecular flexibility index (Phi) is 3.20. The third-order valence-electron chi connectivity index (χ3n) is 2.44. The van der Waals surface area contributed by atoms with Gasteiger partial charge in [-0.15, -0.1) is 0 Å². The number of nitrogens with one attached hydrogen (secondary N) is 1. The van der Waals surface area contributed by atoms with E-state index in [-0.39, 0.29) is 0 Å². The predicted octanol–water partition coefficient (Wildman–Crippen LogP) is 2.57. The smallest absolute Gasteiger partial charge is 0.137 e. The van der Waals surface area contributed by atoms with Gasteiger partial charge in [-0.05, 0) is 24.1 Å². The van der Waals surface area contributed by atoms with Crippen LogP contribution in [0.1, 0.15) is 19.4 Å². The Morgan fingerprint density at radius 1 is 1.35 bits per heavy atom. The van der Waals surface area contributed by atoms with Crippen LogP contribution in [-0.2, 0) is 0 Å². The van der Waals surface area contributed by atoms with Gasteiger partial charge in [0.05, 0.1) is 17.1 Å². The largest absolute Gasteiger partial charge is 0.369 e. The van der Waals surface area contributed by atoms with Gasteiger partial charge in [-0.1, -0.05) is 13.8 Å². The van der Waals surface area contributed by atoms with Crippen molar-refractivity contribution in [3.05, 3.63) is 30.1 Å². The van der Waals surface area contributed by atoms with Gasteiger partial charge in [0.1, 0.15) is 12.1 Å². The van der Waals surface area contributed by atoms with Gasteiger partial charge in [0.2, 0.25) is 0 Å². The second-order valence-electron chi connectivity index (χ2n) is 4.34. The number of fused-ring (bicyclic) bond motifs is 1. The molecule has 2 aromatic rings. The number of benzene rings is 1. The van der Waals surface area contributed by atoms with Crippen molar-refractivity contribution in [3.8, 4) is 6.07 Å². The van der Waals surface area contributed by atoms with Gasteiger partial charge in [-0.2, -0.15) is 5.26 Å². The monoisotopic (exact) mass is 226 g/mol. The topological polar surface area (TPSA) is 61.6 Å². The lowest BCUT2D eigenvalue weighted by atomic mass is 10.1. The van der Waals surface area contributed by atoms with Crippen LogP contribution >= 0.6 is 0 Å². The molecule has 4 nitrogen and oxygen atoms in total. The third kappa shape index (κ3) is 2.51. The standard InChI is InChI=1S/C13H14N4/c1-9(2)7-15-13-11-5-10(6-14)3-4-12(11)16-8-17-13/h3-5,8-9H,7H2,1-2H3,(H,15,16,17). The maximum atomic E-state index is 8.89. The van der Waals surface area contributed by atoms with E-state index >= 15 is 0 Å². The SMILES string of the molecule is CC(C)CNc1ncnc2ccc(C#N)cc12. The summed E-state index contributed by atoms with van der Waals surface area (Å²) in [6.07, 6.45) is 1.54. The molecule has 0 aliphatic heterocycles. The fraction of sp³-hybridized carbons (Fsp3) is 0.308. The summed E-state index contributed by atoms with van der Waals surface area (Å²) in [5.41, 5.74) is 1.48. The lowest BCUT2D eigenvalue weighted by molar-refractivity contribution is 0.687. The van der Waals surface area contributed by atoms with Crippen LogP contribution < -0.4 is 5.32 Å². The van der Waals surface area contributed by atoms with Crippen molar-refractivity contribution in [2.24, 2.45) is 5.92 Å². The number of nitrogens with zero attached hydrogens (tertiary/aromatic N) is 3. The molecule has 2 rings (SSSR count). The van der Waals surface area contributed by atoms with Crippen LogP contribution in [0.15, 0.2) is 24.5 Å². The van der Waals surface area contributed by atoms with Crippen LogP contribution in [0.2, 0.25) is 0 Å². The van der Waals surface area contributed by atoms with Crippen molar-refractivity contribution in [2.45, 2.75) is 13.8 Å². The van der Waals surface area contributed by atoms with E-state index in [0.29, 0.717) is 11.5 Å². The molecule has 1 aromatic heterocycles. The molecule has 1 N–H and O–H groups in total. The van der Waals surface area contributed by atoms with Crippen molar-refractivity contribution in [2.75, 3.05) is 11.9 Å². The highest BCUT2D eigenvalue weighted by molar-refractivity contribution is 5.89. The van der Waals surface area contributed by atoms with E-state index in [2.05, 4.69) is 35.2 Å². The second kappa shape index (κ2) is 4.79. The molecular formula is C13H14N4. The van der Waals surface area contributed by atoms with E-state index in [1.54, 1.807) is 6.07 Å². The zero-order valence-electron chi connectivity index (χ0n) is 9.94. The van der Waals surface area contributed by atoms with Crippen LogP contribution in [0.4, 0.5) is 5.82 Å². The van der Waals surface area contributed by atoms with Gasteiger partial charge in [0.25, 0.3) is 0 Å². The Hall–Kier alpha value is -2.15. The van der Waals surface area contributed by atoms with E-state index in [9.17, 15) is 0 Å². The molecule has 4 heteroatoms. The summed E-state index contributed by atoms with van der Waals surface area (Å²) in [4.78, 5) is 8.41. The van der Waals surface area contributed by atoms with Crippen LogP contribution in [0.5, 0.6) is 0 Å². The van der Waals surface area contributed by atoms with Gasteiger partial charge < -0.3 is 5.32 Å². The first-order valence-electron chi connectivity index (χ1n) is 5.59. The highest BCUT2D eigenvalue weighted by atomic mass is 15.0. The van der Waals surface area contributed by atoms with E-state index in [1.165, 1.54) is 6.33 Å². The molecule has 0 saturated heterocycles. The number of hydrogen-bond donors (Lipinski definition) is 1. The maximum absolute atomic E-state index is 8.89. The van der Waals surface area contributed by atoms with Crippen LogP contribution in [0, 0.1) is 17.2 Å². The summed E-state index contributed by atoms with van der Waals surface area (Å²) in [6.45, 7) is 5.12. The van der Waals surface area contributed by atoms with Crippen molar-refractivity contribution in [1.29, 1.82) is 5.26 Å². The van der Waals surface area contributed by atoms with Gasteiger partial charge >= 0.3 is 0 Å². The van der Waals surface area contributed by atoms with E-state index in [1.807, 2.05) is 12.1 Å². The van der Waals surface area contributed by atoms with Crippen molar-refractivity contribution < 1.29 is 0 Å². The van der Waals surface area contributed by atoms with E-state index in [4.69, 9.17) is 5.26 Å². The lowest BCUT2D eigenvalue weighted by Gasteiger charge is -2.10. The average molecular weight is 226 g/mol. The molecule has 0 unspecified atom stereocenters. The zero-order valence-corrected chi connectivity index (χ0v) is 9.94. The molecule has 0 spiro atoms. The Bertz CT molecular complexity index is 569. The summed E-state index contributed by atoms with van der Waals surface area (Å²) in [5.74, 6) is 1.33. The number of rotatable bonds is 3. The Labute approximate surface area is 100 Å². The molecule has 0 fully saturated rings. The molecule has 0 atom stereocenters. The molecule has 0 saturated carbocycles. The molecule has 17 heavy (non-hydrogen) atoms. The Morgan fingerprint density at radius 2 is 2.18 bits per heavy atom. The molecule has 86 valence electrons. The highest BCUT2D eigenvalue weighted by Gasteiger charge is 2.04. The summed E-state index contributed by atoms with van der Waals surface area (Å²) in [6, 6.07) is 7.55. The van der Waals surface area contributed by atoms with Crippen molar-refractivity contribution in [3.63, 3.8) is 0 Å². The first-order chi connectivity index (χ1) is 8.20. The Morgan fingerprint density at radius 3 is 2.88 bits per heavy atom. The molecular weight excluding hydrogens is 212 g/mol. The summed E-state index contributed by atoms with van der Waals surface area (Å²) < 4.78 is 0. The lowest BCUT2D eigenvalue weighted by Crippen LogP contribution is -2.09. The first-order valence-corrected chi connectivity index (χ1v) is 5.59. The fourth-order valence-electron chi connectivity index (χ4n) is 1.57. The molecule has 0 aliphatic carbocycles. The van der Waals surface area contributed by atoms with Gasteiger partial charge in [-0.3, -0.25) is 0 Å². The summed E-state index contributed by atoms with van der Waals surface area (Å²) >= 11 is 0. The van der Waals surface area contributed by atoms with Crippen LogP contribution in [-0.4, -0.2) is 16.5 Å². The van der Waals surface area contributed by atoms with E-state index in [0.717, 1.165) is 23.3 Å². The number of nitriles is 1. The van der Waals surface area contributed by atoms with E-state index < -0.39 is 0 Å². The van der Waals surface area contributed by atoms with Crippen molar-refractivity contribution >= 4 is 16.7 Å². The van der Waals surface area contributed by atoms with Crippen LogP contribution in [0.3, 0.4) is 0 Å². The Balaban J connectivity index is 2.44.